The van der Waals surface area contributed by atoms with Crippen molar-refractivity contribution >= 4 is 27.9 Å². The van der Waals surface area contributed by atoms with Gasteiger partial charge in [0, 0.05) is 34.6 Å². The molecule has 9 nitrogen and oxygen atoms in total. The number of aromatic amines is 1. The predicted octanol–water partition coefficient (Wildman–Crippen LogP) is 3.34. The average Bonchev–Trinajstić information content (AvgIpc) is 3.32. The summed E-state index contributed by atoms with van der Waals surface area (Å²) in [6.45, 7) is 0. The summed E-state index contributed by atoms with van der Waals surface area (Å²) in [6.07, 6.45) is 9.03. The molecular weight excluding hydrogens is 458 g/mol. The van der Waals surface area contributed by atoms with E-state index in [4.69, 9.17) is 9.15 Å². The molecule has 2 aromatic carbocycles. The average molecular weight is 480 g/mol. The van der Waals surface area contributed by atoms with Crippen LogP contribution >= 0.6 is 0 Å². The Balaban J connectivity index is 1.82. The highest BCUT2D eigenvalue weighted by atomic mass is 32.2. The molecule has 0 aliphatic rings. The van der Waals surface area contributed by atoms with Crippen LogP contribution in [0.15, 0.2) is 81.3 Å². The lowest BCUT2D eigenvalue weighted by Crippen LogP contribution is -2.32. The summed E-state index contributed by atoms with van der Waals surface area (Å²) in [4.78, 5) is 27.4. The standard InChI is InChI=1S/C24H21N3O6S/c1-32-23-17(6-3-16-4-7-19(8-5-16)26-34(2,30)31)13-20(14-21(23)18-10-12-33-15-18)27-22(28)9-11-25-24(27)29/h3-15,26H,1-2H3,(H,25,29)/b6-3+. The molecule has 0 spiro atoms. The quantitative estimate of drug-likeness (QED) is 0.392. The Kier molecular flexibility index (Phi) is 6.24. The van der Waals surface area contributed by atoms with Gasteiger partial charge in [0.1, 0.15) is 5.75 Å². The fourth-order valence-electron chi connectivity index (χ4n) is 3.48. The van der Waals surface area contributed by atoms with Crippen molar-refractivity contribution in [2.45, 2.75) is 0 Å². The molecule has 2 heterocycles. The molecular formula is C24H21N3O6S. The number of ether oxygens (including phenoxy) is 1. The van der Waals surface area contributed by atoms with Gasteiger partial charge in [0.2, 0.25) is 10.0 Å². The number of furan rings is 1. The van der Waals surface area contributed by atoms with Gasteiger partial charge in [-0.15, -0.1) is 0 Å². The van der Waals surface area contributed by atoms with E-state index in [1.165, 1.54) is 25.6 Å². The molecule has 0 saturated heterocycles. The first-order valence-electron chi connectivity index (χ1n) is 10.1. The van der Waals surface area contributed by atoms with Gasteiger partial charge in [-0.05, 0) is 35.9 Å². The zero-order valence-electron chi connectivity index (χ0n) is 18.3. The van der Waals surface area contributed by atoms with Crippen molar-refractivity contribution in [3.05, 3.63) is 99.2 Å². The molecule has 0 bridgehead atoms. The van der Waals surface area contributed by atoms with Crippen molar-refractivity contribution in [1.82, 2.24) is 9.55 Å². The van der Waals surface area contributed by atoms with E-state index in [0.29, 0.717) is 33.8 Å². The normalized spacial score (nSPS) is 11.6. The highest BCUT2D eigenvalue weighted by Gasteiger charge is 2.16. The predicted molar refractivity (Wildman–Crippen MR) is 131 cm³/mol. The van der Waals surface area contributed by atoms with E-state index >= 15 is 0 Å². The number of H-pyrrole nitrogens is 1. The molecule has 0 unspecified atom stereocenters. The monoisotopic (exact) mass is 479 g/mol. The van der Waals surface area contributed by atoms with Crippen molar-refractivity contribution in [3.63, 3.8) is 0 Å². The Morgan fingerprint density at radius 1 is 1.06 bits per heavy atom. The number of aromatic nitrogens is 2. The van der Waals surface area contributed by atoms with Crippen molar-refractivity contribution in [2.75, 3.05) is 18.1 Å². The summed E-state index contributed by atoms with van der Waals surface area (Å²) in [7, 11) is -1.84. The van der Waals surface area contributed by atoms with E-state index in [1.807, 2.05) is 6.08 Å². The van der Waals surface area contributed by atoms with Gasteiger partial charge in [-0.3, -0.25) is 9.52 Å². The second-order valence-electron chi connectivity index (χ2n) is 7.41. The smallest absolute Gasteiger partial charge is 0.332 e. The SMILES string of the molecule is COc1c(/C=C/c2ccc(NS(C)(=O)=O)cc2)cc(-n2c(=O)cc[nH]c2=O)cc1-c1ccoc1. The van der Waals surface area contributed by atoms with Crippen LogP contribution in [0.3, 0.4) is 0 Å². The zero-order chi connectivity index (χ0) is 24.3. The number of nitrogens with one attached hydrogen (secondary N) is 2. The largest absolute Gasteiger partial charge is 0.495 e. The highest BCUT2D eigenvalue weighted by Crippen LogP contribution is 2.36. The number of hydrogen-bond donors (Lipinski definition) is 2. The Bertz CT molecular complexity index is 1540. The number of nitrogens with zero attached hydrogens (tertiary/aromatic N) is 1. The molecule has 0 aliphatic heterocycles. The van der Waals surface area contributed by atoms with Crippen LogP contribution in [0.4, 0.5) is 5.69 Å². The highest BCUT2D eigenvalue weighted by molar-refractivity contribution is 7.92. The third kappa shape index (κ3) is 5.02. The minimum Gasteiger partial charge on any atom is -0.495 e. The van der Waals surface area contributed by atoms with Gasteiger partial charge in [0.25, 0.3) is 5.56 Å². The number of sulfonamides is 1. The van der Waals surface area contributed by atoms with Crippen LogP contribution in [-0.2, 0) is 10.0 Å². The van der Waals surface area contributed by atoms with E-state index < -0.39 is 21.3 Å². The molecule has 34 heavy (non-hydrogen) atoms. The maximum absolute atomic E-state index is 12.4. The summed E-state index contributed by atoms with van der Waals surface area (Å²) >= 11 is 0. The van der Waals surface area contributed by atoms with Crippen LogP contribution in [0.2, 0.25) is 0 Å². The van der Waals surface area contributed by atoms with Crippen LogP contribution in [-0.4, -0.2) is 31.3 Å². The Morgan fingerprint density at radius 3 is 2.44 bits per heavy atom. The van der Waals surface area contributed by atoms with E-state index in [2.05, 4.69) is 9.71 Å². The molecule has 2 aromatic heterocycles. The van der Waals surface area contributed by atoms with Gasteiger partial charge >= 0.3 is 5.69 Å². The summed E-state index contributed by atoms with van der Waals surface area (Å²) in [5.74, 6) is 0.525. The summed E-state index contributed by atoms with van der Waals surface area (Å²) in [5.41, 5.74) is 2.52. The fraction of sp³-hybridized carbons (Fsp3) is 0.0833. The Hall–Kier alpha value is -4.31. The molecule has 4 rings (SSSR count). The van der Waals surface area contributed by atoms with Gasteiger partial charge in [-0.2, -0.15) is 0 Å². The van der Waals surface area contributed by atoms with Gasteiger partial charge in [0.15, 0.2) is 0 Å². The van der Waals surface area contributed by atoms with Crippen LogP contribution in [0.5, 0.6) is 5.75 Å². The molecule has 4 aromatic rings. The van der Waals surface area contributed by atoms with E-state index in [-0.39, 0.29) is 0 Å². The van der Waals surface area contributed by atoms with Gasteiger partial charge in [-0.1, -0.05) is 24.3 Å². The van der Waals surface area contributed by atoms with Crippen molar-refractivity contribution in [1.29, 1.82) is 0 Å². The maximum Gasteiger partial charge on any atom is 0.332 e. The van der Waals surface area contributed by atoms with Crippen molar-refractivity contribution in [3.8, 4) is 22.6 Å². The first-order valence-corrected chi connectivity index (χ1v) is 12.0. The number of benzene rings is 2. The minimum absolute atomic E-state index is 0.358. The van der Waals surface area contributed by atoms with Crippen LogP contribution < -0.4 is 20.7 Å². The molecule has 2 N–H and O–H groups in total. The van der Waals surface area contributed by atoms with E-state index in [0.717, 1.165) is 16.4 Å². The molecule has 0 fully saturated rings. The van der Waals surface area contributed by atoms with Crippen LogP contribution in [0.25, 0.3) is 29.0 Å². The van der Waals surface area contributed by atoms with E-state index in [9.17, 15) is 18.0 Å². The third-order valence-corrected chi connectivity index (χ3v) is 5.53. The lowest BCUT2D eigenvalue weighted by Gasteiger charge is -2.14. The summed E-state index contributed by atoms with van der Waals surface area (Å²) < 4.78 is 37.1. The second-order valence-corrected chi connectivity index (χ2v) is 9.16. The summed E-state index contributed by atoms with van der Waals surface area (Å²) in [6, 6.07) is 13.2. The fourth-order valence-corrected chi connectivity index (χ4v) is 4.04. The minimum atomic E-state index is -3.37. The van der Waals surface area contributed by atoms with Crippen LogP contribution in [0, 0.1) is 0 Å². The lowest BCUT2D eigenvalue weighted by molar-refractivity contribution is 0.415. The topological polar surface area (TPSA) is 123 Å². The van der Waals surface area contributed by atoms with Crippen molar-refractivity contribution in [2.24, 2.45) is 0 Å². The van der Waals surface area contributed by atoms with Crippen LogP contribution in [0.1, 0.15) is 11.1 Å². The molecule has 174 valence electrons. The zero-order valence-corrected chi connectivity index (χ0v) is 19.1. The van der Waals surface area contributed by atoms with E-state index in [1.54, 1.807) is 54.8 Å². The number of hydrogen-bond acceptors (Lipinski definition) is 6. The molecule has 0 aliphatic carbocycles. The molecule has 0 saturated carbocycles. The molecule has 10 heteroatoms. The molecule has 0 radical (unpaired) electrons. The van der Waals surface area contributed by atoms with Gasteiger partial charge in [-0.25, -0.2) is 17.8 Å². The maximum atomic E-state index is 12.4. The van der Waals surface area contributed by atoms with Gasteiger partial charge in [0.05, 0.1) is 31.6 Å². The first kappa shape index (κ1) is 22.9. The van der Waals surface area contributed by atoms with Crippen molar-refractivity contribution < 1.29 is 17.6 Å². The lowest BCUT2D eigenvalue weighted by atomic mass is 10.0. The number of rotatable bonds is 7. The third-order valence-electron chi connectivity index (χ3n) is 4.92. The molecule has 0 atom stereocenters. The Morgan fingerprint density at radius 2 is 1.82 bits per heavy atom. The number of methoxy groups -OCH3 is 1. The first-order chi connectivity index (χ1) is 16.2. The summed E-state index contributed by atoms with van der Waals surface area (Å²) in [5, 5.41) is 0. The second kappa shape index (κ2) is 9.28. The Labute approximate surface area is 195 Å². The molecule has 0 amide bonds. The number of anilines is 1. The van der Waals surface area contributed by atoms with Gasteiger partial charge < -0.3 is 14.1 Å².